The Hall–Kier alpha value is -1.59. The van der Waals surface area contributed by atoms with Crippen LogP contribution in [-0.4, -0.2) is 24.5 Å². The van der Waals surface area contributed by atoms with Crippen LogP contribution in [0.4, 0.5) is 0 Å². The van der Waals surface area contributed by atoms with Crippen molar-refractivity contribution in [3.63, 3.8) is 0 Å². The summed E-state index contributed by atoms with van der Waals surface area (Å²) in [7, 11) is 0. The fourth-order valence-electron chi connectivity index (χ4n) is 2.77. The minimum absolute atomic E-state index is 0. The maximum absolute atomic E-state index is 12.1. The number of hydrogen-bond acceptors (Lipinski definition) is 4. The summed E-state index contributed by atoms with van der Waals surface area (Å²) in [6, 6.07) is 7.25. The average molecular weight is 341 g/mol. The second-order valence-corrected chi connectivity index (χ2v) is 5.76. The van der Waals surface area contributed by atoms with Crippen LogP contribution in [-0.2, 0) is 16.1 Å². The summed E-state index contributed by atoms with van der Waals surface area (Å²) in [5.41, 5.74) is 7.40. The van der Waals surface area contributed by atoms with Gasteiger partial charge >= 0.3 is 5.97 Å². The molecule has 2 rings (SSSR count). The van der Waals surface area contributed by atoms with Gasteiger partial charge in [0, 0.05) is 18.5 Å². The topological polar surface area (TPSA) is 81.4 Å². The molecule has 1 aliphatic rings. The van der Waals surface area contributed by atoms with Crippen molar-refractivity contribution in [1.29, 1.82) is 0 Å². The predicted molar refractivity (Wildman–Crippen MR) is 91.4 cm³/mol. The number of hydrogen-bond donors (Lipinski definition) is 2. The zero-order valence-corrected chi connectivity index (χ0v) is 14.2. The number of carbonyl (C=O) groups is 2. The molecule has 1 fully saturated rings. The van der Waals surface area contributed by atoms with Crippen molar-refractivity contribution in [2.45, 2.75) is 45.2 Å². The van der Waals surface area contributed by atoms with Gasteiger partial charge in [0.25, 0.3) is 0 Å². The molecule has 23 heavy (non-hydrogen) atoms. The largest absolute Gasteiger partial charge is 0.462 e. The first kappa shape index (κ1) is 19.5. The monoisotopic (exact) mass is 340 g/mol. The number of amides is 1. The van der Waals surface area contributed by atoms with Gasteiger partial charge in [-0.05, 0) is 43.9 Å². The van der Waals surface area contributed by atoms with E-state index in [0.29, 0.717) is 18.7 Å². The van der Waals surface area contributed by atoms with E-state index in [1.54, 1.807) is 19.1 Å². The Labute approximate surface area is 143 Å². The molecule has 5 nitrogen and oxygen atoms in total. The van der Waals surface area contributed by atoms with E-state index in [0.717, 1.165) is 31.2 Å². The molecule has 2 unspecified atom stereocenters. The standard InChI is InChI=1S/C17H24N2O3.ClH/c1-2-22-17(21)13-8-6-12(7-9-13)11-19-16(20)14-4-3-5-15(18)10-14;/h6-9,14-15H,2-5,10-11,18H2,1H3,(H,19,20);1H. The normalized spacial score (nSPS) is 20.3. The molecule has 1 aliphatic carbocycles. The van der Waals surface area contributed by atoms with E-state index in [1.807, 2.05) is 12.1 Å². The summed E-state index contributed by atoms with van der Waals surface area (Å²) in [5, 5.41) is 2.95. The van der Waals surface area contributed by atoms with Crippen molar-refractivity contribution in [2.24, 2.45) is 11.7 Å². The zero-order valence-electron chi connectivity index (χ0n) is 13.4. The molecule has 1 saturated carbocycles. The van der Waals surface area contributed by atoms with Crippen molar-refractivity contribution in [1.82, 2.24) is 5.32 Å². The van der Waals surface area contributed by atoms with Gasteiger partial charge in [-0.2, -0.15) is 0 Å². The van der Waals surface area contributed by atoms with E-state index in [9.17, 15) is 9.59 Å². The second-order valence-electron chi connectivity index (χ2n) is 5.76. The van der Waals surface area contributed by atoms with E-state index in [4.69, 9.17) is 10.5 Å². The Kier molecular flexibility index (Phi) is 8.06. The Bertz CT molecular complexity index is 519. The lowest BCUT2D eigenvalue weighted by molar-refractivity contribution is -0.126. The average Bonchev–Trinajstić information content (AvgIpc) is 2.53. The van der Waals surface area contributed by atoms with Crippen LogP contribution in [0.5, 0.6) is 0 Å². The predicted octanol–water partition coefficient (Wildman–Crippen LogP) is 2.42. The number of esters is 1. The van der Waals surface area contributed by atoms with Crippen LogP contribution >= 0.6 is 12.4 Å². The molecule has 1 aromatic rings. The molecule has 3 N–H and O–H groups in total. The molecule has 0 heterocycles. The number of benzene rings is 1. The maximum atomic E-state index is 12.1. The number of nitrogens with one attached hydrogen (secondary N) is 1. The molecule has 128 valence electrons. The Morgan fingerprint density at radius 1 is 1.26 bits per heavy atom. The third-order valence-corrected chi connectivity index (χ3v) is 4.02. The SMILES string of the molecule is CCOC(=O)c1ccc(CNC(=O)C2CCCC(N)C2)cc1.Cl. The van der Waals surface area contributed by atoms with Gasteiger partial charge in [-0.1, -0.05) is 18.6 Å². The maximum Gasteiger partial charge on any atom is 0.338 e. The highest BCUT2D eigenvalue weighted by molar-refractivity contribution is 5.89. The lowest BCUT2D eigenvalue weighted by atomic mass is 9.85. The molecule has 0 aromatic heterocycles. The highest BCUT2D eigenvalue weighted by Gasteiger charge is 2.24. The smallest absolute Gasteiger partial charge is 0.338 e. The van der Waals surface area contributed by atoms with Crippen molar-refractivity contribution in [2.75, 3.05) is 6.61 Å². The highest BCUT2D eigenvalue weighted by atomic mass is 35.5. The fraction of sp³-hybridized carbons (Fsp3) is 0.529. The lowest BCUT2D eigenvalue weighted by Gasteiger charge is -2.25. The second kappa shape index (κ2) is 9.53. The van der Waals surface area contributed by atoms with Crippen molar-refractivity contribution in [3.05, 3.63) is 35.4 Å². The van der Waals surface area contributed by atoms with Gasteiger partial charge in [0.1, 0.15) is 0 Å². The van der Waals surface area contributed by atoms with Gasteiger partial charge in [0.2, 0.25) is 5.91 Å². The van der Waals surface area contributed by atoms with Crippen molar-refractivity contribution < 1.29 is 14.3 Å². The molecular formula is C17H25ClN2O3. The first-order valence-corrected chi connectivity index (χ1v) is 7.89. The summed E-state index contributed by atoms with van der Waals surface area (Å²) >= 11 is 0. The van der Waals surface area contributed by atoms with Crippen LogP contribution in [0.25, 0.3) is 0 Å². The quantitative estimate of drug-likeness (QED) is 0.806. The number of ether oxygens (including phenoxy) is 1. The van der Waals surface area contributed by atoms with E-state index >= 15 is 0 Å². The van der Waals surface area contributed by atoms with Crippen LogP contribution in [0.1, 0.15) is 48.5 Å². The molecular weight excluding hydrogens is 316 g/mol. The summed E-state index contributed by atoms with van der Waals surface area (Å²) in [5.74, 6) is -0.221. The van der Waals surface area contributed by atoms with Gasteiger partial charge in [-0.25, -0.2) is 4.79 Å². The summed E-state index contributed by atoms with van der Waals surface area (Å²) in [6.45, 7) is 2.60. The van der Waals surface area contributed by atoms with Gasteiger partial charge in [0.05, 0.1) is 12.2 Å². The fourth-order valence-corrected chi connectivity index (χ4v) is 2.77. The molecule has 2 atom stereocenters. The Morgan fingerprint density at radius 2 is 1.96 bits per heavy atom. The van der Waals surface area contributed by atoms with Gasteiger partial charge in [-0.15, -0.1) is 12.4 Å². The molecule has 0 spiro atoms. The van der Waals surface area contributed by atoms with Crippen molar-refractivity contribution in [3.8, 4) is 0 Å². The Balaban J connectivity index is 0.00000264. The molecule has 0 aliphatic heterocycles. The number of carbonyl (C=O) groups excluding carboxylic acids is 2. The minimum Gasteiger partial charge on any atom is -0.462 e. The van der Waals surface area contributed by atoms with Gasteiger partial charge in [-0.3, -0.25) is 4.79 Å². The van der Waals surface area contributed by atoms with Crippen LogP contribution in [0.3, 0.4) is 0 Å². The summed E-state index contributed by atoms with van der Waals surface area (Å²) in [6.07, 6.45) is 3.72. The summed E-state index contributed by atoms with van der Waals surface area (Å²) < 4.78 is 4.93. The molecule has 0 radical (unpaired) electrons. The third-order valence-electron chi connectivity index (χ3n) is 4.02. The molecule has 1 aromatic carbocycles. The highest BCUT2D eigenvalue weighted by Crippen LogP contribution is 2.23. The van der Waals surface area contributed by atoms with Crippen LogP contribution in [0, 0.1) is 5.92 Å². The Morgan fingerprint density at radius 3 is 2.57 bits per heavy atom. The number of nitrogens with two attached hydrogens (primary N) is 1. The lowest BCUT2D eigenvalue weighted by Crippen LogP contribution is -2.37. The molecule has 6 heteroatoms. The molecule has 0 saturated heterocycles. The van der Waals surface area contributed by atoms with Crippen LogP contribution < -0.4 is 11.1 Å². The molecule has 1 amide bonds. The van der Waals surface area contributed by atoms with Gasteiger partial charge in [0.15, 0.2) is 0 Å². The van der Waals surface area contributed by atoms with Crippen molar-refractivity contribution >= 4 is 24.3 Å². The van der Waals surface area contributed by atoms with E-state index in [2.05, 4.69) is 5.32 Å². The van der Waals surface area contributed by atoms with Crippen LogP contribution in [0.2, 0.25) is 0 Å². The first-order valence-electron chi connectivity index (χ1n) is 7.89. The minimum atomic E-state index is -0.325. The van der Waals surface area contributed by atoms with Gasteiger partial charge < -0.3 is 15.8 Å². The molecule has 0 bridgehead atoms. The number of halogens is 1. The number of rotatable bonds is 5. The first-order chi connectivity index (χ1) is 10.6. The third kappa shape index (κ3) is 5.84. The zero-order chi connectivity index (χ0) is 15.9. The van der Waals surface area contributed by atoms with E-state index < -0.39 is 0 Å². The summed E-state index contributed by atoms with van der Waals surface area (Å²) in [4.78, 5) is 23.7. The van der Waals surface area contributed by atoms with Crippen LogP contribution in [0.15, 0.2) is 24.3 Å². The van der Waals surface area contributed by atoms with E-state index in [1.165, 1.54) is 0 Å². The van der Waals surface area contributed by atoms with E-state index in [-0.39, 0.29) is 36.2 Å².